The Hall–Kier alpha value is -2.18. The van der Waals surface area contributed by atoms with Crippen LogP contribution in [0.5, 0.6) is 0 Å². The number of amides is 1. The van der Waals surface area contributed by atoms with Gasteiger partial charge in [-0.25, -0.2) is 13.1 Å². The van der Waals surface area contributed by atoms with Gasteiger partial charge in [0, 0.05) is 23.8 Å². The lowest BCUT2D eigenvalue weighted by atomic mass is 9.97. The number of nitrogens with zero attached hydrogens (tertiary/aromatic N) is 1. The molecule has 1 amide bonds. The van der Waals surface area contributed by atoms with Crippen LogP contribution in [0.25, 0.3) is 0 Å². The summed E-state index contributed by atoms with van der Waals surface area (Å²) in [6, 6.07) is 12.8. The minimum atomic E-state index is -3.57. The lowest BCUT2D eigenvalue weighted by molar-refractivity contribution is 0.0985. The summed E-state index contributed by atoms with van der Waals surface area (Å²) in [6.07, 6.45) is 9.18. The summed E-state index contributed by atoms with van der Waals surface area (Å²) < 4.78 is 29.1. The zero-order valence-electron chi connectivity index (χ0n) is 18.3. The van der Waals surface area contributed by atoms with Gasteiger partial charge >= 0.3 is 0 Å². The molecule has 2 aromatic rings. The topological polar surface area (TPSA) is 66.5 Å². The highest BCUT2D eigenvalue weighted by molar-refractivity contribution is 7.89. The van der Waals surface area contributed by atoms with Crippen molar-refractivity contribution in [3.8, 4) is 0 Å². The Bertz CT molecular complexity index is 1020. The van der Waals surface area contributed by atoms with Crippen LogP contribution in [-0.2, 0) is 16.4 Å². The molecule has 6 heteroatoms. The van der Waals surface area contributed by atoms with Gasteiger partial charge in [-0.3, -0.25) is 4.79 Å². The van der Waals surface area contributed by atoms with E-state index in [2.05, 4.69) is 4.72 Å². The van der Waals surface area contributed by atoms with Gasteiger partial charge in [0.25, 0.3) is 5.91 Å². The number of fused-ring (bicyclic) bond motifs is 1. The summed E-state index contributed by atoms with van der Waals surface area (Å²) in [6.45, 7) is 2.64. The number of anilines is 1. The molecule has 0 radical (unpaired) electrons. The smallest absolute Gasteiger partial charge is 0.258 e. The van der Waals surface area contributed by atoms with Crippen LogP contribution in [0.2, 0.25) is 0 Å². The summed E-state index contributed by atoms with van der Waals surface area (Å²) in [5.41, 5.74) is 3.51. The molecule has 0 unspecified atom stereocenters. The molecular weight excluding hydrogens is 408 g/mol. The number of carbonyl (C=O) groups is 1. The summed E-state index contributed by atoms with van der Waals surface area (Å²) in [7, 11) is -3.57. The lowest BCUT2D eigenvalue weighted by Crippen LogP contribution is -2.37. The van der Waals surface area contributed by atoms with E-state index in [0.717, 1.165) is 55.3 Å². The Labute approximate surface area is 185 Å². The SMILES string of the molecule is Cc1ccc(C(=O)N2CCCc3cc(S(=O)(=O)NC4CCCCCCC4)ccc32)cc1. The first-order chi connectivity index (χ1) is 14.9. The van der Waals surface area contributed by atoms with Crippen LogP contribution in [0, 0.1) is 6.92 Å². The van der Waals surface area contributed by atoms with E-state index in [-0.39, 0.29) is 11.9 Å². The highest BCUT2D eigenvalue weighted by Crippen LogP contribution is 2.31. The molecule has 1 heterocycles. The van der Waals surface area contributed by atoms with Gasteiger partial charge < -0.3 is 4.90 Å². The van der Waals surface area contributed by atoms with Crippen LogP contribution >= 0.6 is 0 Å². The normalized spacial score (nSPS) is 18.2. The molecule has 0 bridgehead atoms. The first-order valence-electron chi connectivity index (χ1n) is 11.5. The van der Waals surface area contributed by atoms with Gasteiger partial charge in [0.1, 0.15) is 0 Å². The molecular formula is C25H32N2O3S. The fourth-order valence-corrected chi connectivity index (χ4v) is 6.02. The average molecular weight is 441 g/mol. The predicted molar refractivity (Wildman–Crippen MR) is 124 cm³/mol. The summed E-state index contributed by atoms with van der Waals surface area (Å²) >= 11 is 0. The van der Waals surface area contributed by atoms with Crippen molar-refractivity contribution in [2.45, 2.75) is 75.6 Å². The van der Waals surface area contributed by atoms with Crippen LogP contribution in [0.1, 0.15) is 72.9 Å². The monoisotopic (exact) mass is 440 g/mol. The van der Waals surface area contributed by atoms with E-state index in [1.165, 1.54) is 19.3 Å². The van der Waals surface area contributed by atoms with Crippen LogP contribution in [0.3, 0.4) is 0 Å². The van der Waals surface area contributed by atoms with Crippen molar-refractivity contribution >= 4 is 21.6 Å². The molecule has 1 saturated carbocycles. The maximum Gasteiger partial charge on any atom is 0.258 e. The van der Waals surface area contributed by atoms with Crippen LogP contribution < -0.4 is 9.62 Å². The van der Waals surface area contributed by atoms with Gasteiger partial charge in [-0.15, -0.1) is 0 Å². The lowest BCUT2D eigenvalue weighted by Gasteiger charge is -2.30. The molecule has 1 aliphatic carbocycles. The highest BCUT2D eigenvalue weighted by atomic mass is 32.2. The standard InChI is InChI=1S/C25H32N2O3S/c1-19-11-13-20(14-12-19)25(28)27-17-7-8-21-18-23(15-16-24(21)27)31(29,30)26-22-9-5-3-2-4-6-10-22/h11-16,18,22,26H,2-10,17H2,1H3. The minimum absolute atomic E-state index is 0.0148. The Kier molecular flexibility index (Phi) is 6.77. The van der Waals surface area contributed by atoms with Crippen molar-refractivity contribution in [2.24, 2.45) is 0 Å². The molecule has 0 spiro atoms. The molecule has 0 aromatic heterocycles. The number of carbonyl (C=O) groups excluding carboxylic acids is 1. The summed E-state index contributed by atoms with van der Waals surface area (Å²) in [5, 5.41) is 0. The van der Waals surface area contributed by atoms with E-state index in [1.54, 1.807) is 23.1 Å². The van der Waals surface area contributed by atoms with E-state index in [1.807, 2.05) is 31.2 Å². The molecule has 31 heavy (non-hydrogen) atoms. The third-order valence-corrected chi connectivity index (χ3v) is 7.97. The predicted octanol–water partition coefficient (Wildman–Crippen LogP) is 4.98. The van der Waals surface area contributed by atoms with Gasteiger partial charge in [0.2, 0.25) is 10.0 Å². The Morgan fingerprint density at radius 2 is 1.61 bits per heavy atom. The van der Waals surface area contributed by atoms with Crippen molar-refractivity contribution in [1.29, 1.82) is 0 Å². The molecule has 1 fully saturated rings. The van der Waals surface area contributed by atoms with Crippen molar-refractivity contribution in [1.82, 2.24) is 4.72 Å². The highest BCUT2D eigenvalue weighted by Gasteiger charge is 2.27. The first-order valence-corrected chi connectivity index (χ1v) is 13.0. The number of hydrogen-bond donors (Lipinski definition) is 1. The molecule has 4 rings (SSSR count). The van der Waals surface area contributed by atoms with Crippen LogP contribution in [0.4, 0.5) is 5.69 Å². The van der Waals surface area contributed by atoms with Gasteiger partial charge in [0.15, 0.2) is 0 Å². The van der Waals surface area contributed by atoms with Crippen molar-refractivity contribution in [2.75, 3.05) is 11.4 Å². The second kappa shape index (κ2) is 9.53. The van der Waals surface area contributed by atoms with E-state index in [9.17, 15) is 13.2 Å². The molecule has 0 saturated heterocycles. The molecule has 2 aromatic carbocycles. The molecule has 0 atom stereocenters. The maximum atomic E-state index is 13.1. The third-order valence-electron chi connectivity index (χ3n) is 6.45. The van der Waals surface area contributed by atoms with Crippen molar-refractivity contribution in [3.05, 3.63) is 59.2 Å². The van der Waals surface area contributed by atoms with E-state index < -0.39 is 10.0 Å². The Balaban J connectivity index is 1.54. The number of rotatable bonds is 4. The quantitative estimate of drug-likeness (QED) is 0.729. The molecule has 5 nitrogen and oxygen atoms in total. The van der Waals surface area contributed by atoms with Gasteiger partial charge in [-0.1, -0.05) is 49.8 Å². The average Bonchev–Trinajstić information content (AvgIpc) is 2.75. The molecule has 166 valence electrons. The Morgan fingerprint density at radius 3 is 2.32 bits per heavy atom. The first kappa shape index (κ1) is 22.0. The number of aryl methyl sites for hydroxylation is 2. The Morgan fingerprint density at radius 1 is 0.935 bits per heavy atom. The fourth-order valence-electron chi connectivity index (χ4n) is 4.67. The zero-order valence-corrected chi connectivity index (χ0v) is 19.1. The minimum Gasteiger partial charge on any atom is -0.308 e. The number of sulfonamides is 1. The van der Waals surface area contributed by atoms with Gasteiger partial charge in [0.05, 0.1) is 4.90 Å². The van der Waals surface area contributed by atoms with E-state index in [0.29, 0.717) is 17.0 Å². The number of hydrogen-bond acceptors (Lipinski definition) is 3. The third kappa shape index (κ3) is 5.18. The van der Waals surface area contributed by atoms with E-state index >= 15 is 0 Å². The second-order valence-electron chi connectivity index (χ2n) is 8.88. The molecule has 1 N–H and O–H groups in total. The van der Waals surface area contributed by atoms with Gasteiger partial charge in [-0.2, -0.15) is 0 Å². The molecule has 2 aliphatic rings. The van der Waals surface area contributed by atoms with E-state index in [4.69, 9.17) is 0 Å². The number of benzene rings is 2. The molecule has 1 aliphatic heterocycles. The second-order valence-corrected chi connectivity index (χ2v) is 10.6. The van der Waals surface area contributed by atoms with Gasteiger partial charge in [-0.05, 0) is 68.5 Å². The number of nitrogens with one attached hydrogen (secondary N) is 1. The van der Waals surface area contributed by atoms with Crippen molar-refractivity contribution < 1.29 is 13.2 Å². The van der Waals surface area contributed by atoms with Crippen molar-refractivity contribution in [3.63, 3.8) is 0 Å². The van der Waals surface area contributed by atoms with Crippen LogP contribution in [0.15, 0.2) is 47.4 Å². The summed E-state index contributed by atoms with van der Waals surface area (Å²) in [4.78, 5) is 15.2. The summed E-state index contributed by atoms with van der Waals surface area (Å²) in [5.74, 6) is -0.0378. The fraction of sp³-hybridized carbons (Fsp3) is 0.480. The zero-order chi connectivity index (χ0) is 21.8. The largest absolute Gasteiger partial charge is 0.308 e. The maximum absolute atomic E-state index is 13.1. The van der Waals surface area contributed by atoms with Crippen LogP contribution in [-0.4, -0.2) is 26.9 Å².